The molecule has 0 bridgehead atoms. The number of hydrogen-bond acceptors (Lipinski definition) is 4. The van der Waals surface area contributed by atoms with Crippen LogP contribution in [0.25, 0.3) is 0 Å². The third-order valence-corrected chi connectivity index (χ3v) is 4.23. The van der Waals surface area contributed by atoms with Crippen molar-refractivity contribution in [2.45, 2.75) is 11.8 Å². The Kier molecular flexibility index (Phi) is 6.00. The van der Waals surface area contributed by atoms with Crippen molar-refractivity contribution in [2.75, 3.05) is 20.3 Å². The molecule has 1 unspecified atom stereocenters. The molecule has 1 aromatic rings. The van der Waals surface area contributed by atoms with Crippen LogP contribution in [0.1, 0.15) is 12.5 Å². The molecule has 0 aliphatic rings. The van der Waals surface area contributed by atoms with Gasteiger partial charge in [-0.2, -0.15) is 0 Å². The molecule has 112 valence electrons. The molecule has 0 aliphatic carbocycles. The Morgan fingerprint density at radius 2 is 2.20 bits per heavy atom. The van der Waals surface area contributed by atoms with Gasteiger partial charge in [0, 0.05) is 25.8 Å². The smallest absolute Gasteiger partial charge is 0.240 e. The molecule has 8 heteroatoms. The van der Waals surface area contributed by atoms with Crippen LogP contribution in [-0.4, -0.2) is 33.7 Å². The Morgan fingerprint density at radius 3 is 2.75 bits per heavy atom. The van der Waals surface area contributed by atoms with Crippen LogP contribution >= 0.6 is 12.2 Å². The Balaban J connectivity index is 2.93. The van der Waals surface area contributed by atoms with Gasteiger partial charge in [-0.05, 0) is 24.1 Å². The van der Waals surface area contributed by atoms with E-state index >= 15 is 0 Å². The number of rotatable bonds is 7. The minimum absolute atomic E-state index is 0.0188. The number of hydrogen-bond donors (Lipinski definition) is 2. The van der Waals surface area contributed by atoms with E-state index in [1.165, 1.54) is 6.07 Å². The van der Waals surface area contributed by atoms with Crippen molar-refractivity contribution in [3.63, 3.8) is 0 Å². The summed E-state index contributed by atoms with van der Waals surface area (Å²) in [6, 6.07) is 3.32. The van der Waals surface area contributed by atoms with Gasteiger partial charge in [0.25, 0.3) is 0 Å². The SMILES string of the molecule is COCC(C)CNS(=O)(=O)c1ccc(F)c(C(N)=S)c1. The van der Waals surface area contributed by atoms with Crippen molar-refractivity contribution in [2.24, 2.45) is 11.7 Å². The Labute approximate surface area is 123 Å². The molecule has 0 heterocycles. The van der Waals surface area contributed by atoms with E-state index in [4.69, 9.17) is 10.5 Å². The Bertz CT molecular complexity index is 590. The van der Waals surface area contributed by atoms with E-state index in [0.29, 0.717) is 6.61 Å². The van der Waals surface area contributed by atoms with E-state index in [2.05, 4.69) is 16.9 Å². The largest absolute Gasteiger partial charge is 0.389 e. The van der Waals surface area contributed by atoms with E-state index in [0.717, 1.165) is 12.1 Å². The number of thiocarbonyl (C=S) groups is 1. The average molecular weight is 320 g/mol. The summed E-state index contributed by atoms with van der Waals surface area (Å²) in [6.45, 7) is 2.50. The maximum absolute atomic E-state index is 13.4. The second-order valence-electron chi connectivity index (χ2n) is 4.42. The summed E-state index contributed by atoms with van der Waals surface area (Å²) in [7, 11) is -2.19. The van der Waals surface area contributed by atoms with Crippen LogP contribution in [0.2, 0.25) is 0 Å². The maximum atomic E-state index is 13.4. The van der Waals surface area contributed by atoms with Crippen molar-refractivity contribution in [3.8, 4) is 0 Å². The highest BCUT2D eigenvalue weighted by atomic mass is 32.2. The first-order chi connectivity index (χ1) is 9.27. The number of ether oxygens (including phenoxy) is 1. The van der Waals surface area contributed by atoms with Gasteiger partial charge in [0.2, 0.25) is 10.0 Å². The molecule has 0 fully saturated rings. The second-order valence-corrected chi connectivity index (χ2v) is 6.63. The lowest BCUT2D eigenvalue weighted by Crippen LogP contribution is -2.30. The third-order valence-electron chi connectivity index (χ3n) is 2.59. The molecule has 0 amide bonds. The van der Waals surface area contributed by atoms with Crippen molar-refractivity contribution >= 4 is 27.2 Å². The Morgan fingerprint density at radius 1 is 1.55 bits per heavy atom. The van der Waals surface area contributed by atoms with Gasteiger partial charge in [0.05, 0.1) is 4.90 Å². The highest BCUT2D eigenvalue weighted by Crippen LogP contribution is 2.15. The summed E-state index contributed by atoms with van der Waals surface area (Å²) in [5, 5.41) is 0. The van der Waals surface area contributed by atoms with E-state index in [1.54, 1.807) is 7.11 Å². The lowest BCUT2D eigenvalue weighted by Gasteiger charge is -2.12. The number of nitrogens with one attached hydrogen (secondary N) is 1. The van der Waals surface area contributed by atoms with Gasteiger partial charge in [-0.1, -0.05) is 19.1 Å². The van der Waals surface area contributed by atoms with Crippen LogP contribution in [0.4, 0.5) is 4.39 Å². The number of methoxy groups -OCH3 is 1. The molecule has 1 aromatic carbocycles. The highest BCUT2D eigenvalue weighted by Gasteiger charge is 2.18. The maximum Gasteiger partial charge on any atom is 0.240 e. The lowest BCUT2D eigenvalue weighted by atomic mass is 10.2. The molecule has 1 rings (SSSR count). The molecule has 0 spiro atoms. The molecule has 0 aliphatic heterocycles. The van der Waals surface area contributed by atoms with Crippen molar-refractivity contribution in [1.29, 1.82) is 0 Å². The zero-order chi connectivity index (χ0) is 15.3. The molecule has 5 nitrogen and oxygen atoms in total. The summed E-state index contributed by atoms with van der Waals surface area (Å²) < 4.78 is 44.9. The van der Waals surface area contributed by atoms with Gasteiger partial charge in [0.15, 0.2) is 0 Å². The molecule has 0 aromatic heterocycles. The van der Waals surface area contributed by atoms with Gasteiger partial charge < -0.3 is 10.5 Å². The molecular weight excluding hydrogens is 303 g/mol. The first-order valence-electron chi connectivity index (χ1n) is 5.86. The second kappa shape index (κ2) is 7.07. The molecule has 3 N–H and O–H groups in total. The van der Waals surface area contributed by atoms with E-state index in [9.17, 15) is 12.8 Å². The fraction of sp³-hybridized carbons (Fsp3) is 0.417. The molecule has 0 radical (unpaired) electrons. The number of sulfonamides is 1. The van der Waals surface area contributed by atoms with Crippen LogP contribution < -0.4 is 10.5 Å². The third kappa shape index (κ3) is 4.48. The summed E-state index contributed by atoms with van der Waals surface area (Å²) >= 11 is 4.68. The van der Waals surface area contributed by atoms with Gasteiger partial charge in [-0.25, -0.2) is 17.5 Å². The van der Waals surface area contributed by atoms with Crippen LogP contribution in [-0.2, 0) is 14.8 Å². The normalized spacial score (nSPS) is 13.2. The summed E-state index contributed by atoms with van der Waals surface area (Å²) in [5.41, 5.74) is 5.26. The molecule has 0 saturated heterocycles. The van der Waals surface area contributed by atoms with E-state index in [1.807, 2.05) is 6.92 Å². The lowest BCUT2D eigenvalue weighted by molar-refractivity contribution is 0.161. The summed E-state index contributed by atoms with van der Waals surface area (Å²) in [4.78, 5) is -0.265. The minimum Gasteiger partial charge on any atom is -0.389 e. The fourth-order valence-corrected chi connectivity index (χ4v) is 2.89. The predicted molar refractivity (Wildman–Crippen MR) is 78.5 cm³/mol. The van der Waals surface area contributed by atoms with Crippen molar-refractivity contribution in [1.82, 2.24) is 4.72 Å². The van der Waals surface area contributed by atoms with Crippen LogP contribution in [0.5, 0.6) is 0 Å². The highest BCUT2D eigenvalue weighted by molar-refractivity contribution is 7.89. The first-order valence-corrected chi connectivity index (χ1v) is 7.75. The fourth-order valence-electron chi connectivity index (χ4n) is 1.54. The van der Waals surface area contributed by atoms with E-state index < -0.39 is 15.8 Å². The summed E-state index contributed by atoms with van der Waals surface area (Å²) in [6.07, 6.45) is 0. The minimum atomic E-state index is -3.73. The van der Waals surface area contributed by atoms with Gasteiger partial charge in [0.1, 0.15) is 10.8 Å². The zero-order valence-electron chi connectivity index (χ0n) is 11.2. The molecule has 1 atom stereocenters. The van der Waals surface area contributed by atoms with Gasteiger partial charge in [-0.15, -0.1) is 0 Å². The topological polar surface area (TPSA) is 81.4 Å². The predicted octanol–water partition coefficient (Wildman–Crippen LogP) is 1.02. The standard InChI is InChI=1S/C12H17FN2O3S2/c1-8(7-18-2)6-15-20(16,17)9-3-4-11(13)10(5-9)12(14)19/h3-5,8,15H,6-7H2,1-2H3,(H2,14,19). The van der Waals surface area contributed by atoms with Crippen molar-refractivity contribution < 1.29 is 17.5 Å². The molecule has 20 heavy (non-hydrogen) atoms. The average Bonchev–Trinajstić information content (AvgIpc) is 2.37. The van der Waals surface area contributed by atoms with Crippen LogP contribution in [0.3, 0.4) is 0 Å². The van der Waals surface area contributed by atoms with Crippen LogP contribution in [0, 0.1) is 11.7 Å². The van der Waals surface area contributed by atoms with Crippen LogP contribution in [0.15, 0.2) is 23.1 Å². The number of benzene rings is 1. The van der Waals surface area contributed by atoms with Gasteiger partial charge >= 0.3 is 0 Å². The number of nitrogens with two attached hydrogens (primary N) is 1. The summed E-state index contributed by atoms with van der Waals surface area (Å²) in [5.74, 6) is -0.630. The van der Waals surface area contributed by atoms with Crippen molar-refractivity contribution in [3.05, 3.63) is 29.6 Å². The quantitative estimate of drug-likeness (QED) is 0.733. The monoisotopic (exact) mass is 320 g/mol. The number of halogens is 1. The molecular formula is C12H17FN2O3S2. The van der Waals surface area contributed by atoms with E-state index in [-0.39, 0.29) is 27.9 Å². The van der Waals surface area contributed by atoms with Gasteiger partial charge in [-0.3, -0.25) is 0 Å². The molecule has 0 saturated carbocycles. The Hall–Kier alpha value is -1.09. The zero-order valence-corrected chi connectivity index (χ0v) is 12.9. The first kappa shape index (κ1) is 17.0.